The first-order chi connectivity index (χ1) is 10.2. The van der Waals surface area contributed by atoms with Crippen LogP contribution in [0.15, 0.2) is 30.5 Å². The predicted molar refractivity (Wildman–Crippen MR) is 86.9 cm³/mol. The van der Waals surface area contributed by atoms with Crippen molar-refractivity contribution in [2.24, 2.45) is 5.92 Å². The molecule has 21 heavy (non-hydrogen) atoms. The minimum Gasteiger partial charge on any atom is -0.497 e. The zero-order chi connectivity index (χ0) is 14.8. The molecule has 3 rings (SSSR count). The maximum atomic E-state index is 5.25. The van der Waals surface area contributed by atoms with E-state index in [-0.39, 0.29) is 6.04 Å². The average molecular weight is 302 g/mol. The fourth-order valence-corrected chi connectivity index (χ4v) is 3.44. The van der Waals surface area contributed by atoms with Gasteiger partial charge in [-0.3, -0.25) is 0 Å². The standard InChI is InChI=1S/C17H22N2OS/c1-11-10-18-17(21-11)12(2)19-16(13-4-5-13)14-6-8-15(20-3)9-7-14/h6-10,12-13,16,19H,4-5H2,1-3H3. The van der Waals surface area contributed by atoms with E-state index in [0.717, 1.165) is 11.7 Å². The number of hydrogen-bond donors (Lipinski definition) is 1. The highest BCUT2D eigenvalue weighted by atomic mass is 32.1. The third-order valence-electron chi connectivity index (χ3n) is 4.01. The van der Waals surface area contributed by atoms with Gasteiger partial charge >= 0.3 is 0 Å². The quantitative estimate of drug-likeness (QED) is 0.865. The van der Waals surface area contributed by atoms with Crippen molar-refractivity contribution < 1.29 is 4.74 Å². The summed E-state index contributed by atoms with van der Waals surface area (Å²) in [6, 6.07) is 9.14. The maximum Gasteiger partial charge on any atom is 0.118 e. The molecule has 1 N–H and O–H groups in total. The van der Waals surface area contributed by atoms with Crippen LogP contribution in [0.1, 0.15) is 47.3 Å². The summed E-state index contributed by atoms with van der Waals surface area (Å²) in [6.45, 7) is 4.31. The molecule has 1 saturated carbocycles. The van der Waals surface area contributed by atoms with Gasteiger partial charge in [0, 0.05) is 17.1 Å². The van der Waals surface area contributed by atoms with Crippen LogP contribution in [0.5, 0.6) is 5.75 Å². The molecular weight excluding hydrogens is 280 g/mol. The van der Waals surface area contributed by atoms with Crippen LogP contribution in [0.25, 0.3) is 0 Å². The van der Waals surface area contributed by atoms with Gasteiger partial charge in [-0.2, -0.15) is 0 Å². The van der Waals surface area contributed by atoms with Crippen LogP contribution in [0, 0.1) is 12.8 Å². The maximum absolute atomic E-state index is 5.25. The van der Waals surface area contributed by atoms with Crippen LogP contribution >= 0.6 is 11.3 Å². The lowest BCUT2D eigenvalue weighted by atomic mass is 10.0. The highest BCUT2D eigenvalue weighted by molar-refractivity contribution is 7.11. The normalized spacial score (nSPS) is 17.5. The van der Waals surface area contributed by atoms with E-state index < -0.39 is 0 Å². The van der Waals surface area contributed by atoms with Crippen LogP contribution in [0.3, 0.4) is 0 Å². The molecule has 0 spiro atoms. The Labute approximate surface area is 130 Å². The van der Waals surface area contributed by atoms with Crippen molar-refractivity contribution in [3.05, 3.63) is 45.9 Å². The summed E-state index contributed by atoms with van der Waals surface area (Å²) in [5.41, 5.74) is 1.35. The molecule has 0 radical (unpaired) electrons. The molecule has 1 aliphatic rings. The lowest BCUT2D eigenvalue weighted by Gasteiger charge is -2.23. The van der Waals surface area contributed by atoms with E-state index in [1.807, 2.05) is 18.3 Å². The van der Waals surface area contributed by atoms with Crippen molar-refractivity contribution in [2.45, 2.75) is 38.8 Å². The number of ether oxygens (including phenoxy) is 1. The van der Waals surface area contributed by atoms with E-state index in [2.05, 4.69) is 36.3 Å². The fraction of sp³-hybridized carbons (Fsp3) is 0.471. The second-order valence-electron chi connectivity index (χ2n) is 5.79. The third kappa shape index (κ3) is 3.44. The topological polar surface area (TPSA) is 34.1 Å². The Balaban J connectivity index is 1.75. The molecular formula is C17H22N2OS. The Morgan fingerprint density at radius 1 is 1.29 bits per heavy atom. The molecule has 112 valence electrons. The average Bonchev–Trinajstić information content (AvgIpc) is 3.25. The Hall–Kier alpha value is -1.39. The van der Waals surface area contributed by atoms with E-state index in [0.29, 0.717) is 6.04 Å². The van der Waals surface area contributed by atoms with Crippen molar-refractivity contribution in [3.63, 3.8) is 0 Å². The number of nitrogens with zero attached hydrogens (tertiary/aromatic N) is 1. The molecule has 2 unspecified atom stereocenters. The zero-order valence-electron chi connectivity index (χ0n) is 12.8. The number of thiazole rings is 1. The summed E-state index contributed by atoms with van der Waals surface area (Å²) in [7, 11) is 1.71. The first-order valence-corrected chi connectivity index (χ1v) is 8.31. The summed E-state index contributed by atoms with van der Waals surface area (Å²) in [5, 5.41) is 4.94. The summed E-state index contributed by atoms with van der Waals surface area (Å²) in [6.07, 6.45) is 4.58. The first-order valence-electron chi connectivity index (χ1n) is 7.49. The minimum absolute atomic E-state index is 0.288. The van der Waals surface area contributed by atoms with Gasteiger partial charge in [0.25, 0.3) is 0 Å². The van der Waals surface area contributed by atoms with Gasteiger partial charge in [0.15, 0.2) is 0 Å². The number of nitrogens with one attached hydrogen (secondary N) is 1. The Morgan fingerprint density at radius 3 is 2.52 bits per heavy atom. The van der Waals surface area contributed by atoms with Crippen LogP contribution in [0.4, 0.5) is 0 Å². The Bertz CT molecular complexity index is 589. The van der Waals surface area contributed by atoms with Crippen molar-refractivity contribution in [2.75, 3.05) is 7.11 Å². The van der Waals surface area contributed by atoms with Gasteiger partial charge in [0.05, 0.1) is 13.2 Å². The van der Waals surface area contributed by atoms with Gasteiger partial charge in [0.2, 0.25) is 0 Å². The molecule has 1 aromatic carbocycles. The number of hydrogen-bond acceptors (Lipinski definition) is 4. The van der Waals surface area contributed by atoms with Crippen LogP contribution in [0.2, 0.25) is 0 Å². The van der Waals surface area contributed by atoms with Gasteiger partial charge in [-0.05, 0) is 50.3 Å². The highest BCUT2D eigenvalue weighted by Crippen LogP contribution is 2.42. The summed E-state index contributed by atoms with van der Waals surface area (Å²) in [4.78, 5) is 5.78. The predicted octanol–water partition coefficient (Wildman–Crippen LogP) is 4.26. The van der Waals surface area contributed by atoms with Crippen molar-refractivity contribution in [3.8, 4) is 5.75 Å². The number of benzene rings is 1. The summed E-state index contributed by atoms with van der Waals surface area (Å²) < 4.78 is 5.25. The fourth-order valence-electron chi connectivity index (χ4n) is 2.66. The number of methoxy groups -OCH3 is 1. The molecule has 0 amide bonds. The molecule has 4 heteroatoms. The third-order valence-corrected chi connectivity index (χ3v) is 5.10. The van der Waals surface area contributed by atoms with Crippen molar-refractivity contribution in [1.82, 2.24) is 10.3 Å². The smallest absolute Gasteiger partial charge is 0.118 e. The Kier molecular flexibility index (Phi) is 4.27. The molecule has 1 heterocycles. The van der Waals surface area contributed by atoms with E-state index in [1.54, 1.807) is 18.4 Å². The van der Waals surface area contributed by atoms with Crippen LogP contribution in [-0.4, -0.2) is 12.1 Å². The van der Waals surface area contributed by atoms with E-state index in [4.69, 9.17) is 4.74 Å². The van der Waals surface area contributed by atoms with E-state index in [1.165, 1.54) is 28.3 Å². The van der Waals surface area contributed by atoms with E-state index >= 15 is 0 Å². The molecule has 2 atom stereocenters. The molecule has 1 aliphatic carbocycles. The molecule has 0 bridgehead atoms. The van der Waals surface area contributed by atoms with Gasteiger partial charge in [0.1, 0.15) is 10.8 Å². The zero-order valence-corrected chi connectivity index (χ0v) is 13.6. The molecule has 0 saturated heterocycles. The summed E-state index contributed by atoms with van der Waals surface area (Å²) >= 11 is 1.78. The van der Waals surface area contributed by atoms with Gasteiger partial charge in [-0.15, -0.1) is 11.3 Å². The second kappa shape index (κ2) is 6.16. The molecule has 1 aromatic heterocycles. The van der Waals surface area contributed by atoms with Crippen molar-refractivity contribution >= 4 is 11.3 Å². The first kappa shape index (κ1) is 14.5. The molecule has 3 nitrogen and oxygen atoms in total. The molecule has 0 aliphatic heterocycles. The second-order valence-corrected chi connectivity index (χ2v) is 7.05. The lowest BCUT2D eigenvalue weighted by molar-refractivity contribution is 0.411. The Morgan fingerprint density at radius 2 is 2.00 bits per heavy atom. The molecule has 1 fully saturated rings. The van der Waals surface area contributed by atoms with Crippen LogP contribution < -0.4 is 10.1 Å². The largest absolute Gasteiger partial charge is 0.497 e. The summed E-state index contributed by atoms with van der Waals surface area (Å²) in [5.74, 6) is 1.67. The number of rotatable bonds is 6. The van der Waals surface area contributed by atoms with Gasteiger partial charge in [-0.1, -0.05) is 12.1 Å². The highest BCUT2D eigenvalue weighted by Gasteiger charge is 2.33. The molecule has 2 aromatic rings. The van der Waals surface area contributed by atoms with Gasteiger partial charge in [-0.25, -0.2) is 4.98 Å². The van der Waals surface area contributed by atoms with E-state index in [9.17, 15) is 0 Å². The number of aromatic nitrogens is 1. The SMILES string of the molecule is COc1ccc(C(NC(C)c2ncc(C)s2)C2CC2)cc1. The lowest BCUT2D eigenvalue weighted by Crippen LogP contribution is -2.26. The van der Waals surface area contributed by atoms with Crippen molar-refractivity contribution in [1.29, 1.82) is 0 Å². The van der Waals surface area contributed by atoms with Crippen LogP contribution in [-0.2, 0) is 0 Å². The van der Waals surface area contributed by atoms with Gasteiger partial charge < -0.3 is 10.1 Å². The number of aryl methyl sites for hydroxylation is 1. The monoisotopic (exact) mass is 302 g/mol. The minimum atomic E-state index is 0.288.